The molecule has 0 aliphatic heterocycles. The molecule has 26 heavy (non-hydrogen) atoms. The summed E-state index contributed by atoms with van der Waals surface area (Å²) in [6, 6.07) is 0. The van der Waals surface area contributed by atoms with Crippen molar-refractivity contribution >= 4 is 5.91 Å². The average molecular weight is 367 g/mol. The molecule has 0 saturated heterocycles. The summed E-state index contributed by atoms with van der Waals surface area (Å²) in [5.74, 6) is 1.66. The number of allylic oxidation sites excluding steroid dienone is 1. The Kier molecular flexibility index (Phi) is 18.3. The van der Waals surface area contributed by atoms with Gasteiger partial charge in [-0.1, -0.05) is 97.0 Å². The summed E-state index contributed by atoms with van der Waals surface area (Å²) < 4.78 is 0. The van der Waals surface area contributed by atoms with Gasteiger partial charge in [0.15, 0.2) is 0 Å². The standard InChI is InChI=1S/C20H37NO.C3H9N/c1-2-3-4-5-6-9-13-18-15-12-16-19(18)14-10-7-8-11-17-20(21)22;1-2-3-4/h11,17-19H,2-10,12-16H2,1H3,(H2,21,22);2-4H2,1H3/b17-11+;/t18-,19-;/m0./s1. The van der Waals surface area contributed by atoms with Gasteiger partial charge in [0.1, 0.15) is 0 Å². The molecule has 154 valence electrons. The lowest BCUT2D eigenvalue weighted by Crippen LogP contribution is -2.08. The molecule has 1 saturated carbocycles. The molecular weight excluding hydrogens is 320 g/mol. The fourth-order valence-corrected chi connectivity index (χ4v) is 3.93. The average Bonchev–Trinajstić information content (AvgIpc) is 3.08. The van der Waals surface area contributed by atoms with E-state index in [0.717, 1.165) is 31.2 Å². The van der Waals surface area contributed by atoms with Crippen LogP contribution >= 0.6 is 0 Å². The summed E-state index contributed by atoms with van der Waals surface area (Å²) in [5.41, 5.74) is 10.1. The van der Waals surface area contributed by atoms with Crippen molar-refractivity contribution in [1.29, 1.82) is 0 Å². The van der Waals surface area contributed by atoms with Gasteiger partial charge < -0.3 is 11.5 Å². The van der Waals surface area contributed by atoms with E-state index in [4.69, 9.17) is 11.5 Å². The molecule has 3 nitrogen and oxygen atoms in total. The van der Waals surface area contributed by atoms with Crippen LogP contribution in [0.1, 0.15) is 110 Å². The van der Waals surface area contributed by atoms with Gasteiger partial charge in [0.2, 0.25) is 5.91 Å². The van der Waals surface area contributed by atoms with Crippen molar-refractivity contribution in [3.05, 3.63) is 12.2 Å². The van der Waals surface area contributed by atoms with Crippen LogP contribution in [0, 0.1) is 11.8 Å². The Bertz CT molecular complexity index is 339. The smallest absolute Gasteiger partial charge is 0.241 e. The zero-order valence-corrected chi connectivity index (χ0v) is 17.7. The van der Waals surface area contributed by atoms with Crippen molar-refractivity contribution in [3.8, 4) is 0 Å². The van der Waals surface area contributed by atoms with E-state index in [2.05, 4.69) is 13.8 Å². The second-order valence-electron chi connectivity index (χ2n) is 7.89. The van der Waals surface area contributed by atoms with E-state index in [1.807, 2.05) is 6.08 Å². The Morgan fingerprint density at radius 1 is 0.885 bits per heavy atom. The molecule has 1 amide bonds. The van der Waals surface area contributed by atoms with Crippen molar-refractivity contribution in [2.24, 2.45) is 23.3 Å². The van der Waals surface area contributed by atoms with Crippen molar-refractivity contribution < 1.29 is 4.79 Å². The van der Waals surface area contributed by atoms with Crippen LogP contribution in [0.2, 0.25) is 0 Å². The SMILES string of the molecule is CCCCCCCC[C@H]1CCC[C@@H]1CCCC/C=C/C(N)=O.CCCN. The topological polar surface area (TPSA) is 69.1 Å². The Labute approximate surface area is 163 Å². The predicted molar refractivity (Wildman–Crippen MR) is 115 cm³/mol. The van der Waals surface area contributed by atoms with Crippen LogP contribution in [0.5, 0.6) is 0 Å². The molecule has 0 aromatic rings. The number of hydrogen-bond acceptors (Lipinski definition) is 2. The largest absolute Gasteiger partial charge is 0.366 e. The van der Waals surface area contributed by atoms with Crippen molar-refractivity contribution in [2.45, 2.75) is 110 Å². The maximum Gasteiger partial charge on any atom is 0.241 e. The quantitative estimate of drug-likeness (QED) is 0.287. The van der Waals surface area contributed by atoms with Crippen LogP contribution in [0.15, 0.2) is 12.2 Å². The number of amides is 1. The molecule has 0 bridgehead atoms. The summed E-state index contributed by atoms with van der Waals surface area (Å²) in [6.07, 6.45) is 23.8. The van der Waals surface area contributed by atoms with Gasteiger partial charge in [0.25, 0.3) is 0 Å². The van der Waals surface area contributed by atoms with Crippen LogP contribution < -0.4 is 11.5 Å². The molecule has 1 fully saturated rings. The summed E-state index contributed by atoms with van der Waals surface area (Å²) in [6.45, 7) is 5.16. The summed E-state index contributed by atoms with van der Waals surface area (Å²) in [4.78, 5) is 10.6. The minimum Gasteiger partial charge on any atom is -0.366 e. The first-order valence-corrected chi connectivity index (χ1v) is 11.3. The second-order valence-corrected chi connectivity index (χ2v) is 7.89. The number of carbonyl (C=O) groups excluding carboxylic acids is 1. The van der Waals surface area contributed by atoms with Gasteiger partial charge in [-0.15, -0.1) is 0 Å². The number of nitrogens with two attached hydrogens (primary N) is 2. The monoisotopic (exact) mass is 366 g/mol. The van der Waals surface area contributed by atoms with Gasteiger partial charge in [-0.2, -0.15) is 0 Å². The number of primary amides is 1. The summed E-state index contributed by atoms with van der Waals surface area (Å²) in [7, 11) is 0. The Balaban J connectivity index is 0.00000141. The van der Waals surface area contributed by atoms with Crippen molar-refractivity contribution in [3.63, 3.8) is 0 Å². The van der Waals surface area contributed by atoms with Crippen LogP contribution in [0.4, 0.5) is 0 Å². The van der Waals surface area contributed by atoms with Crippen LogP contribution in [0.3, 0.4) is 0 Å². The van der Waals surface area contributed by atoms with E-state index in [9.17, 15) is 4.79 Å². The second kappa shape index (κ2) is 18.9. The first-order chi connectivity index (χ1) is 12.7. The zero-order valence-electron chi connectivity index (χ0n) is 17.7. The normalized spacial score (nSPS) is 19.5. The molecule has 2 atom stereocenters. The molecule has 0 spiro atoms. The molecule has 1 aliphatic carbocycles. The Morgan fingerprint density at radius 3 is 1.96 bits per heavy atom. The molecule has 4 N–H and O–H groups in total. The summed E-state index contributed by atoms with van der Waals surface area (Å²) in [5, 5.41) is 0. The van der Waals surface area contributed by atoms with E-state index in [1.54, 1.807) is 0 Å². The highest BCUT2D eigenvalue weighted by Gasteiger charge is 2.25. The van der Waals surface area contributed by atoms with Crippen LogP contribution in [0.25, 0.3) is 0 Å². The molecule has 1 rings (SSSR count). The van der Waals surface area contributed by atoms with Gasteiger partial charge in [0.05, 0.1) is 0 Å². The fraction of sp³-hybridized carbons (Fsp3) is 0.870. The number of carbonyl (C=O) groups is 1. The lowest BCUT2D eigenvalue weighted by molar-refractivity contribution is -0.113. The van der Waals surface area contributed by atoms with E-state index in [1.165, 1.54) is 89.5 Å². The molecular formula is C23H46N2O. The van der Waals surface area contributed by atoms with Gasteiger partial charge in [-0.25, -0.2) is 0 Å². The minimum absolute atomic E-state index is 0.324. The highest BCUT2D eigenvalue weighted by Crippen LogP contribution is 2.38. The lowest BCUT2D eigenvalue weighted by atomic mass is 9.87. The third kappa shape index (κ3) is 15.4. The van der Waals surface area contributed by atoms with Gasteiger partial charge >= 0.3 is 0 Å². The lowest BCUT2D eigenvalue weighted by Gasteiger charge is -2.19. The zero-order chi connectivity index (χ0) is 19.5. The first kappa shape index (κ1) is 25.2. The predicted octanol–water partition coefficient (Wildman–Crippen LogP) is 6.11. The number of rotatable bonds is 14. The van der Waals surface area contributed by atoms with E-state index < -0.39 is 0 Å². The van der Waals surface area contributed by atoms with Crippen LogP contribution in [-0.4, -0.2) is 12.5 Å². The van der Waals surface area contributed by atoms with E-state index >= 15 is 0 Å². The number of hydrogen-bond donors (Lipinski definition) is 2. The number of unbranched alkanes of at least 4 members (excludes halogenated alkanes) is 7. The van der Waals surface area contributed by atoms with E-state index in [0.29, 0.717) is 0 Å². The molecule has 0 heterocycles. The Morgan fingerprint density at radius 2 is 1.42 bits per heavy atom. The Hall–Kier alpha value is -0.830. The maximum atomic E-state index is 10.6. The fourth-order valence-electron chi connectivity index (χ4n) is 3.93. The van der Waals surface area contributed by atoms with Gasteiger partial charge in [0, 0.05) is 0 Å². The summed E-state index contributed by atoms with van der Waals surface area (Å²) >= 11 is 0. The molecule has 3 heteroatoms. The molecule has 0 radical (unpaired) electrons. The van der Waals surface area contributed by atoms with Gasteiger partial charge in [-0.05, 0) is 43.7 Å². The van der Waals surface area contributed by atoms with Gasteiger partial charge in [-0.3, -0.25) is 4.79 Å². The highest BCUT2D eigenvalue weighted by molar-refractivity contribution is 5.85. The molecule has 0 aromatic carbocycles. The molecule has 1 aliphatic rings. The minimum atomic E-state index is -0.324. The molecule has 0 aromatic heterocycles. The van der Waals surface area contributed by atoms with Crippen LogP contribution in [-0.2, 0) is 4.79 Å². The maximum absolute atomic E-state index is 10.6. The van der Waals surface area contributed by atoms with Crippen molar-refractivity contribution in [2.75, 3.05) is 6.54 Å². The van der Waals surface area contributed by atoms with E-state index in [-0.39, 0.29) is 5.91 Å². The third-order valence-corrected chi connectivity index (χ3v) is 5.51. The third-order valence-electron chi connectivity index (χ3n) is 5.51. The highest BCUT2D eigenvalue weighted by atomic mass is 16.1. The first-order valence-electron chi connectivity index (χ1n) is 11.3. The molecule has 0 unspecified atom stereocenters. The van der Waals surface area contributed by atoms with Crippen molar-refractivity contribution in [1.82, 2.24) is 0 Å².